The molecule has 0 spiro atoms. The lowest BCUT2D eigenvalue weighted by molar-refractivity contribution is 0.821. The minimum atomic E-state index is 0.927. The van der Waals surface area contributed by atoms with Gasteiger partial charge in [-0.15, -0.1) is 0 Å². The highest BCUT2D eigenvalue weighted by Crippen LogP contribution is 2.25. The molecule has 3 aromatic carbocycles. The Hall–Kier alpha value is -2.39. The van der Waals surface area contributed by atoms with Gasteiger partial charge in [0.2, 0.25) is 0 Å². The monoisotopic (exact) mass is 376 g/mol. The van der Waals surface area contributed by atoms with Crippen LogP contribution in [0.1, 0.15) is 6.92 Å². The fraction of sp³-hybridized carbons (Fsp3) is 0.0952. The molecule has 0 saturated heterocycles. The molecule has 0 radical (unpaired) electrons. The van der Waals surface area contributed by atoms with Gasteiger partial charge in [-0.25, -0.2) is 4.99 Å². The van der Waals surface area contributed by atoms with Crippen molar-refractivity contribution < 1.29 is 0 Å². The average molecular weight is 377 g/mol. The molecule has 1 aromatic heterocycles. The zero-order valence-electron chi connectivity index (χ0n) is 13.4. The summed E-state index contributed by atoms with van der Waals surface area (Å²) in [6.07, 6.45) is 0. The van der Waals surface area contributed by atoms with Crippen molar-refractivity contribution in [3.63, 3.8) is 0 Å². The van der Waals surface area contributed by atoms with Crippen LogP contribution < -0.4 is 5.36 Å². The van der Waals surface area contributed by atoms with Crippen LogP contribution in [0.3, 0.4) is 0 Å². The normalized spacial score (nSPS) is 11.1. The summed E-state index contributed by atoms with van der Waals surface area (Å²) in [4.78, 5) is 5.01. The van der Waals surface area contributed by atoms with Gasteiger partial charge in [-0.3, -0.25) is 0 Å². The molecule has 0 bridgehead atoms. The first-order chi connectivity index (χ1) is 11.8. The van der Waals surface area contributed by atoms with E-state index in [0.717, 1.165) is 22.1 Å². The Bertz CT molecular complexity index is 1050. The third-order valence-electron chi connectivity index (χ3n) is 4.30. The largest absolute Gasteiger partial charge is 0.341 e. The standard InChI is InChI=1S/C21H17BrN2/c1-2-24-19-13-7-3-9-15(19)21(16-10-4-8-14-20(16)24)23-18-12-6-5-11-17(18)22/h3-14H,2H2,1H3. The van der Waals surface area contributed by atoms with E-state index in [9.17, 15) is 0 Å². The van der Waals surface area contributed by atoms with Crippen molar-refractivity contribution in [1.82, 2.24) is 4.57 Å². The number of fused-ring (bicyclic) bond motifs is 2. The highest BCUT2D eigenvalue weighted by Gasteiger charge is 2.08. The maximum absolute atomic E-state index is 5.01. The zero-order valence-corrected chi connectivity index (χ0v) is 15.0. The minimum Gasteiger partial charge on any atom is -0.341 e. The fourth-order valence-corrected chi connectivity index (χ4v) is 3.59. The zero-order chi connectivity index (χ0) is 16.5. The van der Waals surface area contributed by atoms with Crippen molar-refractivity contribution in [2.24, 2.45) is 4.99 Å². The fourth-order valence-electron chi connectivity index (χ4n) is 3.22. The Morgan fingerprint density at radius 3 is 1.92 bits per heavy atom. The predicted octanol–water partition coefficient (Wildman–Crippen LogP) is 5.81. The smallest absolute Gasteiger partial charge is 0.0823 e. The lowest BCUT2D eigenvalue weighted by Gasteiger charge is -2.14. The molecule has 0 aliphatic carbocycles. The minimum absolute atomic E-state index is 0.927. The third-order valence-corrected chi connectivity index (χ3v) is 4.97. The summed E-state index contributed by atoms with van der Waals surface area (Å²) >= 11 is 3.61. The highest BCUT2D eigenvalue weighted by atomic mass is 79.9. The van der Waals surface area contributed by atoms with E-state index in [0.29, 0.717) is 0 Å². The molecule has 0 N–H and O–H groups in total. The number of hydrogen-bond donors (Lipinski definition) is 0. The van der Waals surface area contributed by atoms with Crippen molar-refractivity contribution in [2.75, 3.05) is 0 Å². The molecule has 3 heteroatoms. The van der Waals surface area contributed by atoms with Crippen molar-refractivity contribution in [1.29, 1.82) is 0 Å². The molecule has 0 fully saturated rings. The van der Waals surface area contributed by atoms with Gasteiger partial charge in [0, 0.05) is 21.8 Å². The third kappa shape index (κ3) is 2.45. The summed E-state index contributed by atoms with van der Waals surface area (Å²) in [5, 5.41) is 3.38. The number of aromatic nitrogens is 1. The van der Waals surface area contributed by atoms with Crippen LogP contribution in [0.5, 0.6) is 0 Å². The molecule has 0 aliphatic rings. The van der Waals surface area contributed by atoms with Gasteiger partial charge < -0.3 is 4.57 Å². The molecular weight excluding hydrogens is 360 g/mol. The van der Waals surface area contributed by atoms with Crippen molar-refractivity contribution in [3.8, 4) is 0 Å². The number of pyridine rings is 1. The second-order valence-electron chi connectivity index (χ2n) is 5.69. The Labute approximate surface area is 149 Å². The van der Waals surface area contributed by atoms with Crippen LogP contribution in [0, 0.1) is 0 Å². The van der Waals surface area contributed by atoms with E-state index >= 15 is 0 Å². The topological polar surface area (TPSA) is 17.3 Å². The molecule has 4 rings (SSSR count). The molecule has 24 heavy (non-hydrogen) atoms. The molecule has 0 atom stereocenters. The number of nitrogens with zero attached hydrogens (tertiary/aromatic N) is 2. The maximum Gasteiger partial charge on any atom is 0.0823 e. The van der Waals surface area contributed by atoms with Crippen molar-refractivity contribution in [2.45, 2.75) is 13.5 Å². The van der Waals surface area contributed by atoms with Gasteiger partial charge in [0.25, 0.3) is 0 Å². The number of aryl methyl sites for hydroxylation is 1. The van der Waals surface area contributed by atoms with E-state index in [1.165, 1.54) is 21.8 Å². The average Bonchev–Trinajstić information content (AvgIpc) is 2.63. The van der Waals surface area contributed by atoms with Crippen LogP contribution in [0.2, 0.25) is 0 Å². The van der Waals surface area contributed by atoms with E-state index in [4.69, 9.17) is 4.99 Å². The van der Waals surface area contributed by atoms with E-state index in [1.54, 1.807) is 0 Å². The van der Waals surface area contributed by atoms with Gasteiger partial charge in [-0.05, 0) is 47.1 Å². The van der Waals surface area contributed by atoms with Crippen molar-refractivity contribution in [3.05, 3.63) is 82.6 Å². The van der Waals surface area contributed by atoms with Crippen LogP contribution >= 0.6 is 15.9 Å². The Morgan fingerprint density at radius 1 is 0.792 bits per heavy atom. The Kier molecular flexibility index (Phi) is 3.95. The highest BCUT2D eigenvalue weighted by molar-refractivity contribution is 9.10. The molecule has 118 valence electrons. The molecule has 1 heterocycles. The summed E-state index contributed by atoms with van der Waals surface area (Å²) in [6, 6.07) is 25.1. The molecule has 2 nitrogen and oxygen atoms in total. The van der Waals surface area contributed by atoms with E-state index in [-0.39, 0.29) is 0 Å². The number of hydrogen-bond acceptors (Lipinski definition) is 1. The summed E-state index contributed by atoms with van der Waals surface area (Å²) < 4.78 is 3.36. The van der Waals surface area contributed by atoms with Gasteiger partial charge in [0.1, 0.15) is 0 Å². The van der Waals surface area contributed by atoms with Crippen molar-refractivity contribution >= 4 is 43.4 Å². The maximum atomic E-state index is 5.01. The first-order valence-corrected chi connectivity index (χ1v) is 8.88. The van der Waals surface area contributed by atoms with E-state index in [1.807, 2.05) is 24.3 Å². The molecular formula is C21H17BrN2. The predicted molar refractivity (Wildman–Crippen MR) is 104 cm³/mol. The second-order valence-corrected chi connectivity index (χ2v) is 6.54. The summed E-state index contributed by atoms with van der Waals surface area (Å²) in [6.45, 7) is 3.11. The number of halogens is 1. The molecule has 4 aromatic rings. The Morgan fingerprint density at radius 2 is 1.33 bits per heavy atom. The molecule has 0 aliphatic heterocycles. The van der Waals surface area contributed by atoms with Crippen LogP contribution in [0.15, 0.2) is 82.3 Å². The molecule has 0 unspecified atom stereocenters. The van der Waals surface area contributed by atoms with Crippen LogP contribution in [0.4, 0.5) is 5.69 Å². The number of benzene rings is 3. The van der Waals surface area contributed by atoms with E-state index < -0.39 is 0 Å². The van der Waals surface area contributed by atoms with Gasteiger partial charge in [-0.1, -0.05) is 48.5 Å². The second kappa shape index (κ2) is 6.25. The van der Waals surface area contributed by atoms with Crippen LogP contribution in [-0.4, -0.2) is 4.57 Å². The summed E-state index contributed by atoms with van der Waals surface area (Å²) in [7, 11) is 0. The molecule has 0 saturated carbocycles. The van der Waals surface area contributed by atoms with Crippen LogP contribution in [-0.2, 0) is 6.54 Å². The first kappa shape index (κ1) is 15.2. The SMILES string of the molecule is CCn1c2ccccc2c(=Nc2ccccc2Br)c2ccccc21. The van der Waals surface area contributed by atoms with Gasteiger partial charge >= 0.3 is 0 Å². The number of para-hydroxylation sites is 3. The molecule has 0 amide bonds. The van der Waals surface area contributed by atoms with E-state index in [2.05, 4.69) is 76.0 Å². The summed E-state index contributed by atoms with van der Waals surface area (Å²) in [5.74, 6) is 0. The number of rotatable bonds is 2. The first-order valence-electron chi connectivity index (χ1n) is 8.09. The summed E-state index contributed by atoms with van der Waals surface area (Å²) in [5.41, 5.74) is 3.37. The quantitative estimate of drug-likeness (QED) is 0.392. The van der Waals surface area contributed by atoms with Crippen LogP contribution in [0.25, 0.3) is 21.8 Å². The van der Waals surface area contributed by atoms with Gasteiger partial charge in [0.05, 0.1) is 22.1 Å². The Balaban J connectivity index is 2.24. The lowest BCUT2D eigenvalue weighted by atomic mass is 10.1. The van der Waals surface area contributed by atoms with Gasteiger partial charge in [0.15, 0.2) is 0 Å². The lowest BCUT2D eigenvalue weighted by Crippen LogP contribution is -2.12. The van der Waals surface area contributed by atoms with Gasteiger partial charge in [-0.2, -0.15) is 0 Å².